The van der Waals surface area contributed by atoms with Gasteiger partial charge in [0.05, 0.1) is 12.3 Å². The van der Waals surface area contributed by atoms with Gasteiger partial charge in [0, 0.05) is 6.07 Å². The molecule has 0 radical (unpaired) electrons. The molecule has 4 nitrogen and oxygen atoms in total. The number of anilines is 1. The third kappa shape index (κ3) is 2.63. The number of hydrogen-bond donors (Lipinski definition) is 1. The lowest BCUT2D eigenvalue weighted by Crippen LogP contribution is -2.01. The maximum absolute atomic E-state index is 8.67. The van der Waals surface area contributed by atoms with Crippen LogP contribution in [-0.2, 0) is 0 Å². The minimum absolute atomic E-state index is 0.221. The highest BCUT2D eigenvalue weighted by molar-refractivity contribution is 5.50. The molecule has 14 heavy (non-hydrogen) atoms. The van der Waals surface area contributed by atoms with Crippen molar-refractivity contribution in [3.05, 3.63) is 17.8 Å². The first-order chi connectivity index (χ1) is 6.77. The lowest BCUT2D eigenvalue weighted by atomic mass is 10.3. The van der Waals surface area contributed by atoms with Gasteiger partial charge in [-0.05, 0) is 12.5 Å². The molecule has 1 aromatic heterocycles. The van der Waals surface area contributed by atoms with Gasteiger partial charge in [0.25, 0.3) is 0 Å². The van der Waals surface area contributed by atoms with Crippen molar-refractivity contribution >= 4 is 5.69 Å². The monoisotopic (exact) mass is 191 g/mol. The van der Waals surface area contributed by atoms with Crippen LogP contribution in [0.4, 0.5) is 5.69 Å². The minimum Gasteiger partial charge on any atom is -0.478 e. The Kier molecular flexibility index (Phi) is 3.74. The van der Waals surface area contributed by atoms with Gasteiger partial charge in [0.1, 0.15) is 6.07 Å². The Morgan fingerprint density at radius 1 is 1.57 bits per heavy atom. The van der Waals surface area contributed by atoms with E-state index in [1.165, 1.54) is 0 Å². The molecular weight excluding hydrogens is 178 g/mol. The van der Waals surface area contributed by atoms with Crippen LogP contribution in [0, 0.1) is 11.3 Å². The van der Waals surface area contributed by atoms with E-state index >= 15 is 0 Å². The molecule has 0 atom stereocenters. The predicted octanol–water partition coefficient (Wildman–Crippen LogP) is 1.71. The largest absolute Gasteiger partial charge is 0.478 e. The second-order valence-corrected chi connectivity index (χ2v) is 2.90. The van der Waals surface area contributed by atoms with E-state index in [4.69, 9.17) is 15.7 Å². The highest BCUT2D eigenvalue weighted by atomic mass is 16.5. The second kappa shape index (κ2) is 5.07. The molecule has 0 bridgehead atoms. The number of nitrogen functional groups attached to an aromatic ring is 1. The summed E-state index contributed by atoms with van der Waals surface area (Å²) < 4.78 is 5.33. The Balaban J connectivity index is 2.66. The lowest BCUT2D eigenvalue weighted by Gasteiger charge is -2.04. The second-order valence-electron chi connectivity index (χ2n) is 2.90. The summed E-state index contributed by atoms with van der Waals surface area (Å²) in [5.41, 5.74) is 6.12. The zero-order valence-electron chi connectivity index (χ0n) is 8.16. The SMILES string of the molecule is CCCCOc1ccc(N)c(C#N)n1. The Morgan fingerprint density at radius 3 is 3.00 bits per heavy atom. The van der Waals surface area contributed by atoms with Crippen molar-refractivity contribution < 1.29 is 4.74 Å². The molecule has 0 aromatic carbocycles. The number of nitriles is 1. The van der Waals surface area contributed by atoms with Gasteiger partial charge in [-0.1, -0.05) is 13.3 Å². The molecule has 1 heterocycles. The van der Waals surface area contributed by atoms with Gasteiger partial charge in [0.15, 0.2) is 5.69 Å². The molecular formula is C10H13N3O. The molecule has 0 spiro atoms. The molecule has 0 amide bonds. The van der Waals surface area contributed by atoms with Crippen LogP contribution in [0.2, 0.25) is 0 Å². The molecule has 4 heteroatoms. The fourth-order valence-corrected chi connectivity index (χ4v) is 0.943. The van der Waals surface area contributed by atoms with Crippen LogP contribution in [0.25, 0.3) is 0 Å². The molecule has 2 N–H and O–H groups in total. The number of hydrogen-bond acceptors (Lipinski definition) is 4. The van der Waals surface area contributed by atoms with Crippen molar-refractivity contribution in [2.75, 3.05) is 12.3 Å². The molecule has 74 valence electrons. The van der Waals surface area contributed by atoms with E-state index in [0.29, 0.717) is 18.2 Å². The average Bonchev–Trinajstić information content (AvgIpc) is 2.21. The third-order valence-corrected chi connectivity index (χ3v) is 1.75. The Morgan fingerprint density at radius 2 is 2.36 bits per heavy atom. The van der Waals surface area contributed by atoms with Gasteiger partial charge >= 0.3 is 0 Å². The van der Waals surface area contributed by atoms with Crippen molar-refractivity contribution in [1.29, 1.82) is 5.26 Å². The number of nitrogens with two attached hydrogens (primary N) is 1. The van der Waals surface area contributed by atoms with Crippen molar-refractivity contribution in [2.24, 2.45) is 0 Å². The van der Waals surface area contributed by atoms with Gasteiger partial charge < -0.3 is 10.5 Å². The Bertz CT molecular complexity index is 344. The summed E-state index contributed by atoms with van der Waals surface area (Å²) in [7, 11) is 0. The standard InChI is InChI=1S/C10H13N3O/c1-2-3-6-14-10-5-4-8(12)9(7-11)13-10/h4-5H,2-3,6,12H2,1H3. The van der Waals surface area contributed by atoms with Gasteiger partial charge in [-0.15, -0.1) is 0 Å². The maximum Gasteiger partial charge on any atom is 0.214 e. The van der Waals surface area contributed by atoms with E-state index in [1.807, 2.05) is 6.07 Å². The quantitative estimate of drug-likeness (QED) is 0.735. The summed E-state index contributed by atoms with van der Waals surface area (Å²) in [6.07, 6.45) is 2.05. The van der Waals surface area contributed by atoms with E-state index in [1.54, 1.807) is 12.1 Å². The van der Waals surface area contributed by atoms with Crippen LogP contribution in [0.1, 0.15) is 25.5 Å². The fraction of sp³-hybridized carbons (Fsp3) is 0.400. The topological polar surface area (TPSA) is 71.9 Å². The number of rotatable bonds is 4. The number of pyridine rings is 1. The van der Waals surface area contributed by atoms with Gasteiger partial charge in [0.2, 0.25) is 5.88 Å². The summed E-state index contributed by atoms with van der Waals surface area (Å²) in [5, 5.41) is 8.67. The molecule has 0 unspecified atom stereocenters. The van der Waals surface area contributed by atoms with E-state index in [9.17, 15) is 0 Å². The summed E-state index contributed by atoms with van der Waals surface area (Å²) in [6.45, 7) is 2.71. The first kappa shape index (κ1) is 10.3. The van der Waals surface area contributed by atoms with Crippen molar-refractivity contribution in [1.82, 2.24) is 4.98 Å². The van der Waals surface area contributed by atoms with Crippen LogP contribution in [0.5, 0.6) is 5.88 Å². The average molecular weight is 191 g/mol. The van der Waals surface area contributed by atoms with Crippen molar-refractivity contribution in [2.45, 2.75) is 19.8 Å². The Labute approximate surface area is 83.3 Å². The molecule has 0 aliphatic heterocycles. The van der Waals surface area contributed by atoms with Crippen molar-refractivity contribution in [3.8, 4) is 11.9 Å². The number of aromatic nitrogens is 1. The zero-order valence-corrected chi connectivity index (χ0v) is 8.16. The molecule has 0 fully saturated rings. The van der Waals surface area contributed by atoms with Crippen LogP contribution in [0.3, 0.4) is 0 Å². The number of ether oxygens (including phenoxy) is 1. The first-order valence-electron chi connectivity index (χ1n) is 4.57. The highest BCUT2D eigenvalue weighted by Gasteiger charge is 2.02. The molecule has 0 saturated heterocycles. The summed E-state index contributed by atoms with van der Waals surface area (Å²) in [6, 6.07) is 5.21. The summed E-state index contributed by atoms with van der Waals surface area (Å²) in [5.74, 6) is 0.462. The highest BCUT2D eigenvalue weighted by Crippen LogP contribution is 2.14. The predicted molar refractivity (Wildman–Crippen MR) is 53.8 cm³/mol. The van der Waals surface area contributed by atoms with E-state index in [-0.39, 0.29) is 5.69 Å². The summed E-state index contributed by atoms with van der Waals surface area (Å²) in [4.78, 5) is 3.95. The van der Waals surface area contributed by atoms with Crippen molar-refractivity contribution in [3.63, 3.8) is 0 Å². The number of nitrogens with zero attached hydrogens (tertiary/aromatic N) is 2. The van der Waals surface area contributed by atoms with E-state index in [0.717, 1.165) is 12.8 Å². The van der Waals surface area contributed by atoms with Crippen LogP contribution in [0.15, 0.2) is 12.1 Å². The molecule has 0 saturated carbocycles. The molecule has 1 rings (SSSR count). The fourth-order valence-electron chi connectivity index (χ4n) is 0.943. The molecule has 1 aromatic rings. The van der Waals surface area contributed by atoms with Gasteiger partial charge in [-0.3, -0.25) is 0 Å². The minimum atomic E-state index is 0.221. The molecule has 0 aliphatic carbocycles. The number of unbranched alkanes of at least 4 members (excludes halogenated alkanes) is 1. The van der Waals surface area contributed by atoms with E-state index < -0.39 is 0 Å². The van der Waals surface area contributed by atoms with Gasteiger partial charge in [-0.2, -0.15) is 5.26 Å². The lowest BCUT2D eigenvalue weighted by molar-refractivity contribution is 0.297. The van der Waals surface area contributed by atoms with Crippen LogP contribution in [-0.4, -0.2) is 11.6 Å². The zero-order chi connectivity index (χ0) is 10.4. The molecule has 0 aliphatic rings. The maximum atomic E-state index is 8.67. The summed E-state index contributed by atoms with van der Waals surface area (Å²) >= 11 is 0. The van der Waals surface area contributed by atoms with Crippen LogP contribution < -0.4 is 10.5 Å². The van der Waals surface area contributed by atoms with E-state index in [2.05, 4.69) is 11.9 Å². The Hall–Kier alpha value is -1.76. The van der Waals surface area contributed by atoms with Crippen LogP contribution >= 0.6 is 0 Å². The normalized spacial score (nSPS) is 9.43. The van der Waals surface area contributed by atoms with Gasteiger partial charge in [-0.25, -0.2) is 4.98 Å². The first-order valence-corrected chi connectivity index (χ1v) is 4.57. The third-order valence-electron chi connectivity index (χ3n) is 1.75. The smallest absolute Gasteiger partial charge is 0.214 e.